The number of azo groups is 3. The molecule has 0 fully saturated rings. The van der Waals surface area contributed by atoms with Crippen molar-refractivity contribution in [1.29, 1.82) is 0 Å². The molecule has 69 heavy (non-hydrogen) atoms. The van der Waals surface area contributed by atoms with E-state index in [0.29, 0.717) is 17.1 Å². The molecule has 1 atom stereocenters. The number of anilines is 2. The van der Waals surface area contributed by atoms with Gasteiger partial charge in [-0.3, -0.25) is 23.0 Å². The fourth-order valence-corrected chi connectivity index (χ4v) is 8.39. The number of aliphatic carboxylic acids is 1. The molecule has 1 aliphatic heterocycles. The summed E-state index contributed by atoms with van der Waals surface area (Å²) in [7, 11) is -20.1. The van der Waals surface area contributed by atoms with Crippen LogP contribution in [-0.2, 0) is 50.1 Å². The van der Waals surface area contributed by atoms with Gasteiger partial charge < -0.3 is 35.6 Å². The van der Waals surface area contributed by atoms with Crippen molar-refractivity contribution in [3.63, 3.8) is 0 Å². The van der Waals surface area contributed by atoms with Crippen molar-refractivity contribution in [2.24, 2.45) is 35.8 Å². The van der Waals surface area contributed by atoms with Crippen molar-refractivity contribution < 1.29 is 91.4 Å². The number of phenols is 1. The number of hydrazone groups is 1. The highest BCUT2D eigenvalue weighted by Gasteiger charge is 2.41. The van der Waals surface area contributed by atoms with Gasteiger partial charge in [0.2, 0.25) is 6.04 Å². The molecule has 0 bridgehead atoms. The standard InChI is InChI=1S/C36H31N9O20S4/c37-22-13-29(68(58,59)60)25(16-28(22)67(55,56)57)41-39-23-14-27(65-10-8-47)24(15-26(23)64-9-7-46)40-42-31-30(69(61,62)63)12-17-11-18(1-6-21(17)34(31)48)38-43-32-33(36(50)51)44-45(35(32)49)19-2-4-20(5-3-19)66(52,53)54/h1-6,11-16,32,46-48H,7-10,37H2,(H,50,51)(H,52,53,54)(H,55,56,57)(H,58,59,60)(H,61,62,63)/b41-39+,42-40+,43-38+. The molecule has 0 saturated carbocycles. The fourth-order valence-electron chi connectivity index (χ4n) is 5.99. The zero-order chi connectivity index (χ0) is 50.8. The second-order valence-electron chi connectivity index (χ2n) is 13.6. The van der Waals surface area contributed by atoms with Gasteiger partial charge in [-0.2, -0.15) is 54.0 Å². The predicted octanol–water partition coefficient (Wildman–Crippen LogP) is 3.63. The van der Waals surface area contributed by atoms with Crippen molar-refractivity contribution in [1.82, 2.24) is 0 Å². The number of rotatable bonds is 18. The first-order chi connectivity index (χ1) is 32.2. The highest BCUT2D eigenvalue weighted by Crippen LogP contribution is 2.46. The van der Waals surface area contributed by atoms with E-state index in [0.717, 1.165) is 48.5 Å². The number of carboxylic acids is 1. The Labute approximate surface area is 387 Å². The molecule has 5 aromatic carbocycles. The molecule has 0 aromatic heterocycles. The number of hydrogen-bond donors (Lipinski definition) is 9. The number of carbonyl (C=O) groups is 2. The minimum Gasteiger partial charge on any atom is -0.505 e. The van der Waals surface area contributed by atoms with Gasteiger partial charge in [0.25, 0.3) is 46.4 Å². The number of aliphatic hydroxyl groups is 2. The van der Waals surface area contributed by atoms with Gasteiger partial charge in [-0.05, 0) is 66.0 Å². The molecular formula is C36H31N9O20S4. The molecule has 0 saturated heterocycles. The number of carboxylic acid groups (broad SMARTS) is 1. The quantitative estimate of drug-likeness (QED) is 0.0344. The average molecular weight is 1040 g/mol. The second kappa shape index (κ2) is 19.6. The summed E-state index contributed by atoms with van der Waals surface area (Å²) in [5, 5.41) is 67.1. The number of aromatic hydroxyl groups is 1. The molecule has 29 nitrogen and oxygen atoms in total. The molecule has 1 heterocycles. The van der Waals surface area contributed by atoms with Crippen LogP contribution in [0.4, 0.5) is 39.8 Å². The first-order valence-corrected chi connectivity index (χ1v) is 24.3. The number of hydrogen-bond acceptors (Lipinski definition) is 23. The fraction of sp³-hybridized carbons (Fsp3) is 0.139. The summed E-state index contributed by atoms with van der Waals surface area (Å²) >= 11 is 0. The normalized spacial score (nSPS) is 14.9. The Morgan fingerprint density at radius 1 is 0.667 bits per heavy atom. The van der Waals surface area contributed by atoms with E-state index in [1.165, 1.54) is 12.1 Å². The number of phenolic OH excluding ortho intramolecular Hbond substituents is 1. The van der Waals surface area contributed by atoms with E-state index in [9.17, 15) is 81.9 Å². The lowest BCUT2D eigenvalue weighted by Crippen LogP contribution is -2.33. The van der Waals surface area contributed by atoms with Crippen molar-refractivity contribution in [3.8, 4) is 17.2 Å². The van der Waals surface area contributed by atoms with E-state index >= 15 is 0 Å². The molecule has 1 unspecified atom stereocenters. The van der Waals surface area contributed by atoms with E-state index in [1.54, 1.807) is 0 Å². The van der Waals surface area contributed by atoms with Crippen LogP contribution in [0.15, 0.2) is 128 Å². The van der Waals surface area contributed by atoms with Crippen LogP contribution in [0.2, 0.25) is 0 Å². The second-order valence-corrected chi connectivity index (χ2v) is 19.2. The number of ether oxygens (including phenoxy) is 2. The van der Waals surface area contributed by atoms with Crippen LogP contribution in [0.3, 0.4) is 0 Å². The van der Waals surface area contributed by atoms with Crippen molar-refractivity contribution in [3.05, 3.63) is 72.8 Å². The largest absolute Gasteiger partial charge is 0.505 e. The maximum absolute atomic E-state index is 13.2. The summed E-state index contributed by atoms with van der Waals surface area (Å²) in [4.78, 5) is 21.6. The summed E-state index contributed by atoms with van der Waals surface area (Å²) in [5.74, 6) is -4.35. The third kappa shape index (κ3) is 11.5. The smallest absolute Gasteiger partial charge is 0.355 e. The van der Waals surface area contributed by atoms with Gasteiger partial charge in [0.1, 0.15) is 62.1 Å². The summed E-state index contributed by atoms with van der Waals surface area (Å²) < 4.78 is 146. The lowest BCUT2D eigenvalue weighted by atomic mass is 10.1. The summed E-state index contributed by atoms with van der Waals surface area (Å²) in [6.07, 6.45) is 0. The number of nitrogens with zero attached hydrogens (tertiary/aromatic N) is 8. The van der Waals surface area contributed by atoms with Gasteiger partial charge in [0.15, 0.2) is 11.5 Å². The molecule has 0 aliphatic carbocycles. The minimum absolute atomic E-state index is 0.102. The van der Waals surface area contributed by atoms with Gasteiger partial charge in [0, 0.05) is 17.5 Å². The van der Waals surface area contributed by atoms with E-state index in [2.05, 4.69) is 35.8 Å². The van der Waals surface area contributed by atoms with Crippen LogP contribution in [0, 0.1) is 0 Å². The molecule has 364 valence electrons. The molecule has 1 aliphatic rings. The number of nitrogens with two attached hydrogens (primary N) is 1. The maximum atomic E-state index is 13.2. The van der Waals surface area contributed by atoms with E-state index < -0.39 is 139 Å². The minimum atomic E-state index is -5.28. The SMILES string of the molecule is Nc1cc(S(=O)(=O)O)c(/N=N/c2cc(OCCO)c(/N=N/c3c(S(=O)(=O)O)cc4cc(/N=N/C5C(=O)N(c6ccc(S(=O)(=O)O)cc6)N=C5C(=O)O)ccc4c3O)cc2OCCO)cc1S(=O)(=O)O. The number of fused-ring (bicyclic) bond motifs is 1. The van der Waals surface area contributed by atoms with Gasteiger partial charge in [-0.15, -0.1) is 20.5 Å². The van der Waals surface area contributed by atoms with Gasteiger partial charge in [-0.1, -0.05) is 0 Å². The van der Waals surface area contributed by atoms with Crippen LogP contribution >= 0.6 is 0 Å². The molecule has 0 radical (unpaired) electrons. The van der Waals surface area contributed by atoms with Crippen LogP contribution < -0.4 is 20.2 Å². The van der Waals surface area contributed by atoms with Crippen LogP contribution in [0.25, 0.3) is 10.8 Å². The van der Waals surface area contributed by atoms with Gasteiger partial charge >= 0.3 is 5.97 Å². The topological polar surface area (TPSA) is 467 Å². The van der Waals surface area contributed by atoms with Crippen LogP contribution in [0.1, 0.15) is 0 Å². The number of aliphatic hydroxyl groups excluding tert-OH is 2. The van der Waals surface area contributed by atoms with E-state index in [4.69, 9.17) is 15.2 Å². The maximum Gasteiger partial charge on any atom is 0.355 e. The Hall–Kier alpha value is -7.47. The highest BCUT2D eigenvalue weighted by molar-refractivity contribution is 7.87. The molecule has 5 aromatic rings. The Balaban J connectivity index is 1.39. The third-order valence-corrected chi connectivity index (χ3v) is 12.5. The zero-order valence-electron chi connectivity index (χ0n) is 34.1. The molecule has 6 rings (SSSR count). The first kappa shape index (κ1) is 50.9. The molecule has 0 spiro atoms. The Kier molecular flexibility index (Phi) is 14.5. The van der Waals surface area contributed by atoms with E-state index in [1.807, 2.05) is 0 Å². The highest BCUT2D eigenvalue weighted by atomic mass is 32.2. The first-order valence-electron chi connectivity index (χ1n) is 18.5. The van der Waals surface area contributed by atoms with Crippen molar-refractivity contribution in [2.45, 2.75) is 25.6 Å². The number of carbonyl (C=O) groups excluding carboxylic acids is 1. The Morgan fingerprint density at radius 3 is 1.74 bits per heavy atom. The van der Waals surface area contributed by atoms with Gasteiger partial charge in [-0.25, -0.2) is 4.79 Å². The monoisotopic (exact) mass is 1040 g/mol. The summed E-state index contributed by atoms with van der Waals surface area (Å²) in [6, 6.07) is 9.37. The zero-order valence-corrected chi connectivity index (χ0v) is 37.4. The molecular weight excluding hydrogens is 1010 g/mol. The Bertz CT molecular complexity index is 3520. The molecule has 1 amide bonds. The lowest BCUT2D eigenvalue weighted by Gasteiger charge is -2.13. The number of nitrogen functional groups attached to an aromatic ring is 1. The predicted molar refractivity (Wildman–Crippen MR) is 233 cm³/mol. The van der Waals surface area contributed by atoms with Crippen LogP contribution in [0.5, 0.6) is 17.2 Å². The molecule has 10 N–H and O–H groups in total. The van der Waals surface area contributed by atoms with Gasteiger partial charge in [0.05, 0.1) is 35.2 Å². The Morgan fingerprint density at radius 2 is 1.22 bits per heavy atom. The molecule has 33 heteroatoms. The average Bonchev–Trinajstić information content (AvgIpc) is 3.60. The number of benzene rings is 5. The van der Waals surface area contributed by atoms with Crippen molar-refractivity contribution >= 4 is 109 Å². The van der Waals surface area contributed by atoms with Crippen LogP contribution in [-0.4, -0.2) is 122 Å². The lowest BCUT2D eigenvalue weighted by molar-refractivity contribution is -0.130. The van der Waals surface area contributed by atoms with Crippen molar-refractivity contribution in [2.75, 3.05) is 37.2 Å². The third-order valence-electron chi connectivity index (χ3n) is 9.02. The number of amides is 1. The summed E-state index contributed by atoms with van der Waals surface area (Å²) in [6.45, 7) is -2.14. The summed E-state index contributed by atoms with van der Waals surface area (Å²) in [5.41, 5.74) is 1.20. The van der Waals surface area contributed by atoms with E-state index in [-0.39, 0.29) is 39.3 Å².